The van der Waals surface area contributed by atoms with Gasteiger partial charge >= 0.3 is 0 Å². The average Bonchev–Trinajstić information content (AvgIpc) is 2.48. The number of fused-ring (bicyclic) bond motifs is 1. The highest BCUT2D eigenvalue weighted by Crippen LogP contribution is 2.39. The van der Waals surface area contributed by atoms with Crippen LogP contribution >= 0.6 is 11.6 Å². The molecule has 3 rings (SSSR count). The van der Waals surface area contributed by atoms with Gasteiger partial charge in [-0.05, 0) is 19.1 Å². The van der Waals surface area contributed by atoms with E-state index in [9.17, 15) is 9.59 Å². The molecule has 0 aliphatic carbocycles. The quantitative estimate of drug-likeness (QED) is 0.749. The maximum absolute atomic E-state index is 12.4. The van der Waals surface area contributed by atoms with Gasteiger partial charge in [0.2, 0.25) is 5.91 Å². The van der Waals surface area contributed by atoms with E-state index >= 15 is 0 Å². The van der Waals surface area contributed by atoms with E-state index in [0.29, 0.717) is 43.7 Å². The summed E-state index contributed by atoms with van der Waals surface area (Å²) >= 11 is 5.59. The van der Waals surface area contributed by atoms with Gasteiger partial charge in [0.15, 0.2) is 5.78 Å². The molecule has 1 amide bonds. The number of piperidine rings is 1. The first kappa shape index (κ1) is 14.4. The Hall–Kier alpha value is -1.55. The van der Waals surface area contributed by atoms with Crippen LogP contribution in [0.3, 0.4) is 0 Å². The first-order chi connectivity index (χ1) is 10.0. The Morgan fingerprint density at radius 2 is 2.10 bits per heavy atom. The molecular weight excluding hydrogens is 290 g/mol. The largest absolute Gasteiger partial charge is 0.486 e. The lowest BCUT2D eigenvalue weighted by molar-refractivity contribution is -0.132. The van der Waals surface area contributed by atoms with Gasteiger partial charge < -0.3 is 9.64 Å². The molecule has 0 aromatic heterocycles. The van der Waals surface area contributed by atoms with Crippen molar-refractivity contribution in [3.05, 3.63) is 29.3 Å². The highest BCUT2D eigenvalue weighted by atomic mass is 35.5. The van der Waals surface area contributed by atoms with Gasteiger partial charge in [0, 0.05) is 25.9 Å². The predicted molar refractivity (Wildman–Crippen MR) is 80.0 cm³/mol. The molecule has 2 aliphatic heterocycles. The van der Waals surface area contributed by atoms with E-state index in [1.165, 1.54) is 0 Å². The number of halogens is 1. The van der Waals surface area contributed by atoms with Gasteiger partial charge in [-0.15, -0.1) is 11.6 Å². The van der Waals surface area contributed by atoms with Gasteiger partial charge in [-0.2, -0.15) is 0 Å². The number of carbonyl (C=O) groups excluding carboxylic acids is 2. The summed E-state index contributed by atoms with van der Waals surface area (Å²) < 4.78 is 6.16. The smallest absolute Gasteiger partial charge is 0.237 e. The van der Waals surface area contributed by atoms with E-state index in [1.807, 2.05) is 25.1 Å². The number of hydrogen-bond acceptors (Lipinski definition) is 3. The Labute approximate surface area is 129 Å². The van der Waals surface area contributed by atoms with Crippen LogP contribution in [0.5, 0.6) is 5.75 Å². The van der Waals surface area contributed by atoms with Crippen LogP contribution in [0, 0.1) is 6.92 Å². The predicted octanol–water partition coefficient (Wildman–Crippen LogP) is 2.56. The Morgan fingerprint density at radius 1 is 1.38 bits per heavy atom. The topological polar surface area (TPSA) is 46.6 Å². The molecule has 0 saturated carbocycles. The summed E-state index contributed by atoms with van der Waals surface area (Å²) in [6.07, 6.45) is 1.75. The van der Waals surface area contributed by atoms with E-state index < -0.39 is 5.60 Å². The number of likely N-dealkylation sites (tertiary alicyclic amines) is 1. The normalized spacial score (nSPS) is 20.1. The second-order valence-corrected chi connectivity index (χ2v) is 6.17. The molecule has 4 nitrogen and oxygen atoms in total. The van der Waals surface area contributed by atoms with E-state index in [0.717, 1.165) is 5.56 Å². The molecule has 1 aromatic rings. The van der Waals surface area contributed by atoms with E-state index in [4.69, 9.17) is 16.3 Å². The fraction of sp³-hybridized carbons (Fsp3) is 0.500. The van der Waals surface area contributed by atoms with Gasteiger partial charge in [0.25, 0.3) is 0 Å². The molecule has 1 fully saturated rings. The molecule has 112 valence electrons. The Bertz CT molecular complexity index is 591. The first-order valence-electron chi connectivity index (χ1n) is 7.20. The number of alkyl halides is 1. The molecule has 2 heterocycles. The Kier molecular flexibility index (Phi) is 3.66. The lowest BCUT2D eigenvalue weighted by Crippen LogP contribution is -2.52. The number of ketones is 1. The third-order valence-electron chi connectivity index (χ3n) is 4.39. The second-order valence-electron chi connectivity index (χ2n) is 5.90. The molecule has 0 radical (unpaired) electrons. The molecule has 0 atom stereocenters. The van der Waals surface area contributed by atoms with Crippen LogP contribution in [0.15, 0.2) is 18.2 Å². The average molecular weight is 308 g/mol. The molecular formula is C16H18ClNO3. The van der Waals surface area contributed by atoms with Crippen molar-refractivity contribution in [2.75, 3.05) is 19.0 Å². The zero-order valence-electron chi connectivity index (χ0n) is 12.0. The van der Waals surface area contributed by atoms with E-state index in [-0.39, 0.29) is 17.6 Å². The van der Waals surface area contributed by atoms with E-state index in [1.54, 1.807) is 4.90 Å². The minimum Gasteiger partial charge on any atom is -0.486 e. The van der Waals surface area contributed by atoms with Crippen LogP contribution in [-0.2, 0) is 4.79 Å². The molecule has 2 aliphatic rings. The number of nitrogens with zero attached hydrogens (tertiary/aromatic N) is 1. The van der Waals surface area contributed by atoms with Gasteiger partial charge in [-0.25, -0.2) is 0 Å². The van der Waals surface area contributed by atoms with Gasteiger partial charge in [-0.1, -0.05) is 11.6 Å². The summed E-state index contributed by atoms with van der Waals surface area (Å²) in [6.45, 7) is 3.16. The maximum Gasteiger partial charge on any atom is 0.237 e. The fourth-order valence-corrected chi connectivity index (χ4v) is 3.30. The van der Waals surface area contributed by atoms with Gasteiger partial charge in [0.1, 0.15) is 17.2 Å². The Balaban J connectivity index is 1.79. The summed E-state index contributed by atoms with van der Waals surface area (Å²) in [4.78, 5) is 25.8. The number of aryl methyl sites for hydroxylation is 1. The molecule has 0 unspecified atom stereocenters. The molecule has 1 spiro atoms. The number of hydrogen-bond donors (Lipinski definition) is 0. The van der Waals surface area contributed by atoms with Crippen molar-refractivity contribution in [1.82, 2.24) is 4.90 Å². The Morgan fingerprint density at radius 3 is 2.76 bits per heavy atom. The fourth-order valence-electron chi connectivity index (χ4n) is 3.13. The van der Waals surface area contributed by atoms with Crippen molar-refractivity contribution in [2.45, 2.75) is 31.8 Å². The van der Waals surface area contributed by atoms with Gasteiger partial charge in [0.05, 0.1) is 12.0 Å². The highest BCUT2D eigenvalue weighted by Gasteiger charge is 2.43. The number of carbonyl (C=O) groups is 2. The summed E-state index contributed by atoms with van der Waals surface area (Å²) in [6, 6.07) is 5.72. The second kappa shape index (κ2) is 5.34. The first-order valence-corrected chi connectivity index (χ1v) is 7.73. The monoisotopic (exact) mass is 307 g/mol. The molecule has 0 bridgehead atoms. The van der Waals surface area contributed by atoms with Crippen molar-refractivity contribution in [1.29, 1.82) is 0 Å². The number of amides is 1. The SMILES string of the molecule is Cc1ccc2c(c1)C(=O)CC1(CCN(C(=O)CCl)CC1)O2. The third kappa shape index (κ3) is 2.64. The highest BCUT2D eigenvalue weighted by molar-refractivity contribution is 6.27. The minimum absolute atomic E-state index is 0.00883. The maximum atomic E-state index is 12.4. The molecule has 1 saturated heterocycles. The van der Waals surface area contributed by atoms with Crippen LogP contribution in [0.2, 0.25) is 0 Å². The summed E-state index contributed by atoms with van der Waals surface area (Å²) in [5.74, 6) is 0.769. The van der Waals surface area contributed by atoms with Crippen molar-refractivity contribution in [3.8, 4) is 5.75 Å². The lowest BCUT2D eigenvalue weighted by atomic mass is 9.82. The number of benzene rings is 1. The number of ether oxygens (including phenoxy) is 1. The van der Waals surface area contributed by atoms with Crippen LogP contribution < -0.4 is 4.74 Å². The molecule has 5 heteroatoms. The van der Waals surface area contributed by atoms with Crippen molar-refractivity contribution >= 4 is 23.3 Å². The van der Waals surface area contributed by atoms with Crippen LogP contribution in [0.1, 0.15) is 35.2 Å². The van der Waals surface area contributed by atoms with Crippen molar-refractivity contribution in [3.63, 3.8) is 0 Å². The summed E-state index contributed by atoms with van der Waals surface area (Å²) in [5.41, 5.74) is 1.28. The van der Waals surface area contributed by atoms with Crippen LogP contribution in [0.25, 0.3) is 0 Å². The number of rotatable bonds is 1. The zero-order valence-corrected chi connectivity index (χ0v) is 12.8. The zero-order chi connectivity index (χ0) is 15.0. The van der Waals surface area contributed by atoms with Gasteiger partial charge in [-0.3, -0.25) is 9.59 Å². The summed E-state index contributed by atoms with van der Waals surface area (Å²) in [7, 11) is 0. The van der Waals surface area contributed by atoms with Crippen LogP contribution in [0.4, 0.5) is 0 Å². The van der Waals surface area contributed by atoms with E-state index in [2.05, 4.69) is 0 Å². The minimum atomic E-state index is -0.456. The lowest BCUT2D eigenvalue weighted by Gasteiger charge is -2.43. The van der Waals surface area contributed by atoms with Crippen molar-refractivity contribution in [2.24, 2.45) is 0 Å². The van der Waals surface area contributed by atoms with Crippen molar-refractivity contribution < 1.29 is 14.3 Å². The molecule has 1 aromatic carbocycles. The molecule has 0 N–H and O–H groups in total. The summed E-state index contributed by atoms with van der Waals surface area (Å²) in [5, 5.41) is 0. The standard InChI is InChI=1S/C16H18ClNO3/c1-11-2-3-14-12(8-11)13(19)9-16(21-14)4-6-18(7-5-16)15(20)10-17/h2-3,8H,4-7,9-10H2,1H3. The molecule has 21 heavy (non-hydrogen) atoms. The number of Topliss-reactive ketones (excluding diaryl/α,β-unsaturated/α-hetero) is 1. The third-order valence-corrected chi connectivity index (χ3v) is 4.61. The van der Waals surface area contributed by atoms with Crippen LogP contribution in [-0.4, -0.2) is 41.2 Å².